The van der Waals surface area contributed by atoms with Gasteiger partial charge < -0.3 is 25.2 Å². The first-order chi connectivity index (χ1) is 13.9. The summed E-state index contributed by atoms with van der Waals surface area (Å²) >= 11 is 0. The van der Waals surface area contributed by atoms with Gasteiger partial charge in [-0.3, -0.25) is 4.68 Å². The van der Waals surface area contributed by atoms with Gasteiger partial charge in [0.2, 0.25) is 0 Å². The molecular weight excluding hydrogens is 497 g/mol. The molecule has 1 unspecified atom stereocenters. The van der Waals surface area contributed by atoms with Crippen molar-refractivity contribution in [3.63, 3.8) is 0 Å². The normalized spacial score (nSPS) is 13.2. The molecule has 1 heterocycles. The number of methoxy groups -OCH3 is 1. The van der Waals surface area contributed by atoms with Crippen molar-refractivity contribution in [2.75, 3.05) is 26.8 Å². The number of aliphatic hydroxyl groups is 1. The highest BCUT2D eigenvalue weighted by Crippen LogP contribution is 2.28. The number of hydrogen-bond donors (Lipinski definition) is 3. The van der Waals surface area contributed by atoms with E-state index < -0.39 is 5.60 Å². The van der Waals surface area contributed by atoms with Gasteiger partial charge in [0.25, 0.3) is 0 Å². The molecule has 0 saturated heterocycles. The molecule has 0 amide bonds. The number of hydrogen-bond acceptors (Lipinski definition) is 5. The number of aromatic nitrogens is 2. The van der Waals surface area contributed by atoms with Crippen LogP contribution in [0.2, 0.25) is 0 Å². The molecule has 9 heteroatoms. The number of ether oxygens (including phenoxy) is 2. The fourth-order valence-electron chi connectivity index (χ4n) is 2.71. The van der Waals surface area contributed by atoms with E-state index >= 15 is 0 Å². The molecule has 0 spiro atoms. The first-order valence-corrected chi connectivity index (χ1v) is 9.93. The summed E-state index contributed by atoms with van der Waals surface area (Å²) in [7, 11) is 3.46. The summed E-state index contributed by atoms with van der Waals surface area (Å²) in [6, 6.07) is 5.82. The minimum atomic E-state index is -1.06. The van der Waals surface area contributed by atoms with Crippen molar-refractivity contribution in [2.24, 2.45) is 12.0 Å². The van der Waals surface area contributed by atoms with E-state index in [0.29, 0.717) is 38.0 Å². The van der Waals surface area contributed by atoms with Crippen molar-refractivity contribution in [1.29, 1.82) is 0 Å². The zero-order valence-electron chi connectivity index (χ0n) is 18.4. The minimum absolute atomic E-state index is 0. The highest BCUT2D eigenvalue weighted by molar-refractivity contribution is 14.0. The van der Waals surface area contributed by atoms with Gasteiger partial charge in [-0.1, -0.05) is 13.0 Å². The van der Waals surface area contributed by atoms with E-state index in [4.69, 9.17) is 9.47 Å². The molecule has 8 nitrogen and oxygen atoms in total. The lowest BCUT2D eigenvalue weighted by Crippen LogP contribution is -2.44. The standard InChI is InChI=1S/C21H33N5O3.HI/c1-6-10-29-18-9-8-16(11-19(18)28-5)12-23-20(22-7-2)24-15-21(3,27)17-13-25-26(4)14-17;/h8-9,11,13-14,27H,6-7,10,12,15H2,1-5H3,(H2,22,23,24);1H. The first-order valence-electron chi connectivity index (χ1n) is 9.93. The van der Waals surface area contributed by atoms with Crippen LogP contribution in [0.4, 0.5) is 0 Å². The lowest BCUT2D eigenvalue weighted by atomic mass is 10.00. The molecule has 0 aliphatic heterocycles. The van der Waals surface area contributed by atoms with Gasteiger partial charge in [0.1, 0.15) is 5.60 Å². The SMILES string of the molecule is CCCOc1ccc(CN=C(NCC)NCC(C)(O)c2cnn(C)c2)cc1OC.I. The predicted molar refractivity (Wildman–Crippen MR) is 130 cm³/mol. The van der Waals surface area contributed by atoms with Crippen LogP contribution in [0.5, 0.6) is 11.5 Å². The predicted octanol–water partition coefficient (Wildman–Crippen LogP) is 2.80. The molecule has 0 radical (unpaired) electrons. The Morgan fingerprint density at radius 3 is 2.63 bits per heavy atom. The summed E-state index contributed by atoms with van der Waals surface area (Å²) in [5.74, 6) is 2.06. The highest BCUT2D eigenvalue weighted by atomic mass is 127. The molecule has 3 N–H and O–H groups in total. The molecule has 1 aromatic heterocycles. The molecule has 0 aliphatic rings. The molecule has 0 saturated carbocycles. The Hall–Kier alpha value is -2.01. The number of aryl methyl sites for hydroxylation is 1. The van der Waals surface area contributed by atoms with Crippen LogP contribution < -0.4 is 20.1 Å². The Morgan fingerprint density at radius 2 is 2.03 bits per heavy atom. The van der Waals surface area contributed by atoms with Crippen LogP contribution in [-0.4, -0.2) is 47.7 Å². The van der Waals surface area contributed by atoms with Crippen molar-refractivity contribution < 1.29 is 14.6 Å². The number of guanidine groups is 1. The lowest BCUT2D eigenvalue weighted by molar-refractivity contribution is 0.0616. The average molecular weight is 531 g/mol. The molecule has 2 aromatic rings. The number of benzene rings is 1. The molecule has 1 aromatic carbocycles. The molecule has 168 valence electrons. The monoisotopic (exact) mass is 531 g/mol. The zero-order chi connectivity index (χ0) is 21.3. The summed E-state index contributed by atoms with van der Waals surface area (Å²) < 4.78 is 12.8. The van der Waals surface area contributed by atoms with E-state index in [9.17, 15) is 5.11 Å². The first kappa shape index (κ1) is 26.0. The van der Waals surface area contributed by atoms with Crippen LogP contribution >= 0.6 is 24.0 Å². The Morgan fingerprint density at radius 1 is 1.27 bits per heavy atom. The topological polar surface area (TPSA) is 92.9 Å². The molecule has 2 rings (SSSR count). The van der Waals surface area contributed by atoms with Gasteiger partial charge in [-0.25, -0.2) is 4.99 Å². The third-order valence-electron chi connectivity index (χ3n) is 4.38. The summed E-state index contributed by atoms with van der Waals surface area (Å²) in [5, 5.41) is 21.3. The molecule has 0 aliphatic carbocycles. The maximum atomic E-state index is 10.7. The molecule has 30 heavy (non-hydrogen) atoms. The second kappa shape index (κ2) is 12.6. The summed E-state index contributed by atoms with van der Waals surface area (Å²) in [4.78, 5) is 4.62. The minimum Gasteiger partial charge on any atom is -0.493 e. The number of nitrogens with one attached hydrogen (secondary N) is 2. The Balaban J connectivity index is 0.00000450. The van der Waals surface area contributed by atoms with Crippen LogP contribution in [0.1, 0.15) is 38.3 Å². The van der Waals surface area contributed by atoms with Crippen LogP contribution in [0, 0.1) is 0 Å². The Kier molecular flexibility index (Phi) is 11.0. The van der Waals surface area contributed by atoms with Gasteiger partial charge in [0, 0.05) is 25.4 Å². The van der Waals surface area contributed by atoms with E-state index in [2.05, 4.69) is 27.6 Å². The summed E-state index contributed by atoms with van der Waals surface area (Å²) in [5.41, 5.74) is 0.684. The number of nitrogens with zero attached hydrogens (tertiary/aromatic N) is 3. The Bertz CT molecular complexity index is 808. The number of halogens is 1. The molecule has 1 atom stereocenters. The number of rotatable bonds is 10. The molecule has 0 bridgehead atoms. The lowest BCUT2D eigenvalue weighted by Gasteiger charge is -2.23. The van der Waals surface area contributed by atoms with Gasteiger partial charge in [0.05, 0.1) is 33.0 Å². The fraction of sp³-hybridized carbons (Fsp3) is 0.524. The van der Waals surface area contributed by atoms with Crippen molar-refractivity contribution in [1.82, 2.24) is 20.4 Å². The van der Waals surface area contributed by atoms with Crippen molar-refractivity contribution in [3.05, 3.63) is 41.7 Å². The Labute approximate surface area is 196 Å². The van der Waals surface area contributed by atoms with Crippen LogP contribution in [0.3, 0.4) is 0 Å². The maximum absolute atomic E-state index is 10.7. The van der Waals surface area contributed by atoms with Crippen LogP contribution in [0.25, 0.3) is 0 Å². The largest absolute Gasteiger partial charge is 0.493 e. The maximum Gasteiger partial charge on any atom is 0.191 e. The average Bonchev–Trinajstić information content (AvgIpc) is 3.16. The van der Waals surface area contributed by atoms with Crippen LogP contribution in [0.15, 0.2) is 35.6 Å². The van der Waals surface area contributed by atoms with E-state index in [-0.39, 0.29) is 24.0 Å². The summed E-state index contributed by atoms with van der Waals surface area (Å²) in [6.07, 6.45) is 4.41. The van der Waals surface area contributed by atoms with Crippen molar-refractivity contribution in [2.45, 2.75) is 39.3 Å². The number of aliphatic imine (C=N–C) groups is 1. The van der Waals surface area contributed by atoms with E-state index in [1.165, 1.54) is 0 Å². The molecule has 0 fully saturated rings. The van der Waals surface area contributed by atoms with E-state index in [1.54, 1.807) is 31.1 Å². The second-order valence-electron chi connectivity index (χ2n) is 7.06. The van der Waals surface area contributed by atoms with Gasteiger partial charge in [-0.05, 0) is 38.0 Å². The third kappa shape index (κ3) is 7.67. The third-order valence-corrected chi connectivity index (χ3v) is 4.38. The fourth-order valence-corrected chi connectivity index (χ4v) is 2.71. The smallest absolute Gasteiger partial charge is 0.191 e. The van der Waals surface area contributed by atoms with E-state index in [1.807, 2.05) is 32.2 Å². The van der Waals surface area contributed by atoms with Gasteiger partial charge >= 0.3 is 0 Å². The quantitative estimate of drug-likeness (QED) is 0.248. The second-order valence-corrected chi connectivity index (χ2v) is 7.06. The molecular formula is C21H34IN5O3. The highest BCUT2D eigenvalue weighted by Gasteiger charge is 2.25. The summed E-state index contributed by atoms with van der Waals surface area (Å²) in [6.45, 7) is 7.95. The van der Waals surface area contributed by atoms with Crippen LogP contribution in [-0.2, 0) is 19.2 Å². The van der Waals surface area contributed by atoms with Gasteiger partial charge in [0.15, 0.2) is 17.5 Å². The van der Waals surface area contributed by atoms with Gasteiger partial charge in [-0.15, -0.1) is 24.0 Å². The van der Waals surface area contributed by atoms with Gasteiger partial charge in [-0.2, -0.15) is 5.10 Å². The zero-order valence-corrected chi connectivity index (χ0v) is 20.8. The van der Waals surface area contributed by atoms with Crippen molar-refractivity contribution >= 4 is 29.9 Å². The van der Waals surface area contributed by atoms with E-state index in [0.717, 1.165) is 23.3 Å². The van der Waals surface area contributed by atoms with Crippen molar-refractivity contribution in [3.8, 4) is 11.5 Å².